The molecule has 0 aliphatic rings. The lowest BCUT2D eigenvalue weighted by atomic mass is 10.0. The van der Waals surface area contributed by atoms with Crippen LogP contribution in [0.3, 0.4) is 0 Å². The van der Waals surface area contributed by atoms with E-state index in [1.807, 2.05) is 32.0 Å². The normalized spacial score (nSPS) is 10.8. The lowest BCUT2D eigenvalue weighted by molar-refractivity contribution is -0.134. The fourth-order valence-corrected chi connectivity index (χ4v) is 2.28. The monoisotopic (exact) mass is 296 g/mol. The van der Waals surface area contributed by atoms with Crippen LogP contribution in [-0.2, 0) is 11.2 Å². The summed E-state index contributed by atoms with van der Waals surface area (Å²) in [5.41, 5.74) is 4.82. The van der Waals surface area contributed by atoms with E-state index in [1.54, 1.807) is 0 Å². The van der Waals surface area contributed by atoms with Gasteiger partial charge in [0.25, 0.3) is 0 Å². The fourth-order valence-electron chi connectivity index (χ4n) is 2.28. The van der Waals surface area contributed by atoms with E-state index in [9.17, 15) is 4.79 Å². The lowest BCUT2D eigenvalue weighted by Crippen LogP contribution is -2.09. The van der Waals surface area contributed by atoms with E-state index in [0.29, 0.717) is 24.5 Å². The van der Waals surface area contributed by atoms with Crippen LogP contribution in [0.5, 0.6) is 5.75 Å². The molecule has 0 saturated carbocycles. The molecule has 0 N–H and O–H groups in total. The SMILES string of the molecule is Cc1ccc(OC(=O)CCc2ccc(C(C)C)cc2)cc1C. The molecule has 0 bridgehead atoms. The maximum Gasteiger partial charge on any atom is 0.311 e. The molecule has 0 fully saturated rings. The second-order valence-corrected chi connectivity index (χ2v) is 6.12. The number of rotatable bonds is 5. The fraction of sp³-hybridized carbons (Fsp3) is 0.350. The second kappa shape index (κ2) is 7.26. The largest absolute Gasteiger partial charge is 0.427 e. The Kier molecular flexibility index (Phi) is 5.37. The number of carbonyl (C=O) groups excluding carboxylic acids is 1. The predicted octanol–water partition coefficient (Wildman–Crippen LogP) is 4.97. The minimum absolute atomic E-state index is 0.184. The number of hydrogen-bond acceptors (Lipinski definition) is 2. The van der Waals surface area contributed by atoms with Crippen molar-refractivity contribution >= 4 is 5.97 Å². The molecule has 0 aliphatic carbocycles. The smallest absolute Gasteiger partial charge is 0.311 e. The van der Waals surface area contributed by atoms with Crippen LogP contribution >= 0.6 is 0 Å². The molecule has 0 radical (unpaired) electrons. The lowest BCUT2D eigenvalue weighted by Gasteiger charge is -2.08. The first-order chi connectivity index (χ1) is 10.5. The number of carbonyl (C=O) groups is 1. The van der Waals surface area contributed by atoms with Gasteiger partial charge in [0.1, 0.15) is 5.75 Å². The van der Waals surface area contributed by atoms with Gasteiger partial charge in [-0.2, -0.15) is 0 Å². The maximum atomic E-state index is 11.9. The van der Waals surface area contributed by atoms with E-state index in [-0.39, 0.29) is 5.97 Å². The van der Waals surface area contributed by atoms with Crippen LogP contribution in [-0.4, -0.2) is 5.97 Å². The molecule has 116 valence electrons. The van der Waals surface area contributed by atoms with E-state index < -0.39 is 0 Å². The zero-order valence-corrected chi connectivity index (χ0v) is 13.8. The van der Waals surface area contributed by atoms with Crippen LogP contribution in [0.1, 0.15) is 48.4 Å². The van der Waals surface area contributed by atoms with Crippen LogP contribution in [0.4, 0.5) is 0 Å². The average molecular weight is 296 g/mol. The van der Waals surface area contributed by atoms with E-state index in [1.165, 1.54) is 16.7 Å². The van der Waals surface area contributed by atoms with Gasteiger partial charge in [-0.05, 0) is 60.6 Å². The van der Waals surface area contributed by atoms with Crippen LogP contribution < -0.4 is 4.74 Å². The first-order valence-corrected chi connectivity index (χ1v) is 7.82. The van der Waals surface area contributed by atoms with Gasteiger partial charge < -0.3 is 4.74 Å². The second-order valence-electron chi connectivity index (χ2n) is 6.12. The van der Waals surface area contributed by atoms with Gasteiger partial charge in [-0.3, -0.25) is 4.79 Å². The minimum atomic E-state index is -0.184. The molecule has 2 heteroatoms. The Hall–Kier alpha value is -2.09. The van der Waals surface area contributed by atoms with E-state index >= 15 is 0 Å². The first kappa shape index (κ1) is 16.3. The molecular formula is C20H24O2. The standard InChI is InChI=1S/C20H24O2/c1-14(2)18-9-6-17(7-10-18)8-12-20(21)22-19-11-5-15(3)16(4)13-19/h5-7,9-11,13-14H,8,12H2,1-4H3. The highest BCUT2D eigenvalue weighted by Gasteiger charge is 2.07. The van der Waals surface area contributed by atoms with Crippen molar-refractivity contribution in [3.8, 4) is 5.75 Å². The Bertz CT molecular complexity index is 639. The Morgan fingerprint density at radius 3 is 2.27 bits per heavy atom. The number of aryl methyl sites for hydroxylation is 3. The number of ether oxygens (including phenoxy) is 1. The molecule has 0 spiro atoms. The summed E-state index contributed by atoms with van der Waals surface area (Å²) in [6, 6.07) is 14.2. The molecule has 2 rings (SSSR count). The molecule has 0 unspecified atom stereocenters. The third kappa shape index (κ3) is 4.45. The summed E-state index contributed by atoms with van der Waals surface area (Å²) in [6.07, 6.45) is 1.11. The predicted molar refractivity (Wildman–Crippen MR) is 90.4 cm³/mol. The number of esters is 1. The summed E-state index contributed by atoms with van der Waals surface area (Å²) < 4.78 is 5.39. The van der Waals surface area contributed by atoms with Crippen LogP contribution in [0.15, 0.2) is 42.5 Å². The molecule has 0 aromatic heterocycles. The quantitative estimate of drug-likeness (QED) is 0.575. The van der Waals surface area contributed by atoms with Crippen molar-refractivity contribution in [3.63, 3.8) is 0 Å². The van der Waals surface area contributed by atoms with Crippen molar-refractivity contribution in [1.82, 2.24) is 0 Å². The molecule has 0 amide bonds. The summed E-state index contributed by atoms with van der Waals surface area (Å²) in [5, 5.41) is 0. The van der Waals surface area contributed by atoms with Gasteiger partial charge in [-0.1, -0.05) is 44.2 Å². The Morgan fingerprint density at radius 1 is 1.00 bits per heavy atom. The van der Waals surface area contributed by atoms with Crippen molar-refractivity contribution < 1.29 is 9.53 Å². The van der Waals surface area contributed by atoms with Gasteiger partial charge in [-0.15, -0.1) is 0 Å². The Balaban J connectivity index is 1.88. The van der Waals surface area contributed by atoms with Gasteiger partial charge in [-0.25, -0.2) is 0 Å². The summed E-state index contributed by atoms with van der Waals surface area (Å²) in [4.78, 5) is 11.9. The summed E-state index contributed by atoms with van der Waals surface area (Å²) in [6.45, 7) is 8.41. The molecule has 22 heavy (non-hydrogen) atoms. The molecule has 0 heterocycles. The van der Waals surface area contributed by atoms with Gasteiger partial charge >= 0.3 is 5.97 Å². The van der Waals surface area contributed by atoms with E-state index in [2.05, 4.69) is 38.1 Å². The van der Waals surface area contributed by atoms with Crippen molar-refractivity contribution in [2.24, 2.45) is 0 Å². The maximum absolute atomic E-state index is 11.9. The molecular weight excluding hydrogens is 272 g/mol. The number of benzene rings is 2. The summed E-state index contributed by atoms with van der Waals surface area (Å²) >= 11 is 0. The average Bonchev–Trinajstić information content (AvgIpc) is 2.49. The molecule has 0 aliphatic heterocycles. The van der Waals surface area contributed by atoms with Crippen LogP contribution in [0.25, 0.3) is 0 Å². The molecule has 0 saturated heterocycles. The zero-order valence-electron chi connectivity index (χ0n) is 13.8. The third-order valence-corrected chi connectivity index (χ3v) is 3.97. The van der Waals surface area contributed by atoms with Gasteiger partial charge in [0.05, 0.1) is 0 Å². The summed E-state index contributed by atoms with van der Waals surface area (Å²) in [7, 11) is 0. The van der Waals surface area contributed by atoms with Crippen molar-refractivity contribution in [3.05, 3.63) is 64.7 Å². The Morgan fingerprint density at radius 2 is 1.68 bits per heavy atom. The highest BCUT2D eigenvalue weighted by atomic mass is 16.5. The molecule has 2 nitrogen and oxygen atoms in total. The first-order valence-electron chi connectivity index (χ1n) is 7.82. The number of hydrogen-bond donors (Lipinski definition) is 0. The van der Waals surface area contributed by atoms with E-state index in [4.69, 9.17) is 4.74 Å². The highest BCUT2D eigenvalue weighted by Crippen LogP contribution is 2.18. The highest BCUT2D eigenvalue weighted by molar-refractivity contribution is 5.72. The van der Waals surface area contributed by atoms with Gasteiger partial charge in [0, 0.05) is 6.42 Å². The van der Waals surface area contributed by atoms with Crippen molar-refractivity contribution in [1.29, 1.82) is 0 Å². The van der Waals surface area contributed by atoms with Gasteiger partial charge in [0.15, 0.2) is 0 Å². The summed E-state index contributed by atoms with van der Waals surface area (Å²) in [5.74, 6) is 0.975. The van der Waals surface area contributed by atoms with Crippen LogP contribution in [0.2, 0.25) is 0 Å². The third-order valence-electron chi connectivity index (χ3n) is 3.97. The topological polar surface area (TPSA) is 26.3 Å². The van der Waals surface area contributed by atoms with Crippen LogP contribution in [0, 0.1) is 13.8 Å². The molecule has 2 aromatic carbocycles. The van der Waals surface area contributed by atoms with Crippen molar-refractivity contribution in [2.75, 3.05) is 0 Å². The van der Waals surface area contributed by atoms with Gasteiger partial charge in [0.2, 0.25) is 0 Å². The van der Waals surface area contributed by atoms with Crippen molar-refractivity contribution in [2.45, 2.75) is 46.5 Å². The zero-order chi connectivity index (χ0) is 16.1. The van der Waals surface area contributed by atoms with E-state index in [0.717, 1.165) is 5.56 Å². The Labute approximate surface area is 133 Å². The molecule has 2 aromatic rings. The minimum Gasteiger partial charge on any atom is -0.427 e. The molecule has 0 atom stereocenters.